The van der Waals surface area contributed by atoms with Crippen LogP contribution in [0.1, 0.15) is 17.5 Å². The summed E-state index contributed by atoms with van der Waals surface area (Å²) in [6, 6.07) is 4.35. The summed E-state index contributed by atoms with van der Waals surface area (Å²) in [5.74, 6) is 3.76. The van der Waals surface area contributed by atoms with Crippen LogP contribution in [0.5, 0.6) is 0 Å². The maximum atomic E-state index is 13.5. The number of aryl methyl sites for hydroxylation is 1. The molecule has 5 nitrogen and oxygen atoms in total. The molecule has 0 spiro atoms. The molecule has 0 atom stereocenters. The van der Waals surface area contributed by atoms with Gasteiger partial charge in [0.1, 0.15) is 5.82 Å². The second-order valence-corrected chi connectivity index (χ2v) is 3.39. The number of carbonyl (C=O) groups is 1. The zero-order valence-electron chi connectivity index (χ0n) is 9.43. The molecule has 0 aliphatic heterocycles. The van der Waals surface area contributed by atoms with Gasteiger partial charge in [-0.25, -0.2) is 4.39 Å². The lowest BCUT2D eigenvalue weighted by Crippen LogP contribution is -1.99. The van der Waals surface area contributed by atoms with Crippen molar-refractivity contribution in [1.82, 2.24) is 0 Å². The van der Waals surface area contributed by atoms with Gasteiger partial charge >= 0.3 is 5.97 Å². The normalized spacial score (nSPS) is 8.94. The number of benzene rings is 1. The number of hydrogen-bond acceptors (Lipinski definition) is 2. The number of rotatable bonds is 4. The molecule has 0 aliphatic carbocycles. The molecule has 0 unspecified atom stereocenters. The highest BCUT2D eigenvalue weighted by Gasteiger charge is 2.05. The topological polar surface area (TPSA) is 86.1 Å². The van der Waals surface area contributed by atoms with E-state index in [1.54, 1.807) is 6.07 Å². The minimum atomic E-state index is -0.965. The molecule has 1 aromatic carbocycles. The van der Waals surface area contributed by atoms with E-state index < -0.39 is 11.8 Å². The summed E-state index contributed by atoms with van der Waals surface area (Å²) in [7, 11) is 0. The Kier molecular flexibility index (Phi) is 5.23. The smallest absolute Gasteiger partial charge is 0.303 e. The minimum Gasteiger partial charge on any atom is -0.481 e. The first-order chi connectivity index (χ1) is 8.63. The van der Waals surface area contributed by atoms with Gasteiger partial charge in [-0.2, -0.15) is 0 Å². The first-order valence-electron chi connectivity index (χ1n) is 5.13. The number of carboxylic acid groups (broad SMARTS) is 1. The van der Waals surface area contributed by atoms with Crippen LogP contribution in [-0.4, -0.2) is 17.6 Å². The average Bonchev–Trinajstić information content (AvgIpc) is 2.33. The molecule has 0 aromatic heterocycles. The van der Waals surface area contributed by atoms with E-state index in [-0.39, 0.29) is 19.4 Å². The first-order valence-corrected chi connectivity index (χ1v) is 5.13. The van der Waals surface area contributed by atoms with E-state index >= 15 is 0 Å². The fraction of sp³-hybridized carbons (Fsp3) is 0.250. The Morgan fingerprint density at radius 1 is 1.56 bits per heavy atom. The predicted molar refractivity (Wildman–Crippen MR) is 63.2 cm³/mol. The van der Waals surface area contributed by atoms with Crippen LogP contribution in [0.25, 0.3) is 10.4 Å². The van der Waals surface area contributed by atoms with Crippen molar-refractivity contribution in [2.24, 2.45) is 5.11 Å². The summed E-state index contributed by atoms with van der Waals surface area (Å²) >= 11 is 0. The number of nitrogens with zero attached hydrogens (tertiary/aromatic N) is 3. The van der Waals surface area contributed by atoms with Gasteiger partial charge in [0.05, 0.1) is 6.54 Å². The summed E-state index contributed by atoms with van der Waals surface area (Å²) in [6.07, 6.45) is 0.0342. The van der Waals surface area contributed by atoms with E-state index in [1.165, 1.54) is 12.1 Å². The molecule has 18 heavy (non-hydrogen) atoms. The predicted octanol–water partition coefficient (Wildman–Crippen LogP) is 2.50. The second-order valence-electron chi connectivity index (χ2n) is 3.39. The molecule has 0 saturated carbocycles. The van der Waals surface area contributed by atoms with Gasteiger partial charge in [-0.15, -0.1) is 0 Å². The van der Waals surface area contributed by atoms with E-state index in [0.717, 1.165) is 0 Å². The van der Waals surface area contributed by atoms with Crippen LogP contribution in [-0.2, 0) is 11.2 Å². The summed E-state index contributed by atoms with van der Waals surface area (Å²) in [5.41, 5.74) is 8.83. The van der Waals surface area contributed by atoms with Crippen molar-refractivity contribution < 1.29 is 14.3 Å². The van der Waals surface area contributed by atoms with Crippen molar-refractivity contribution >= 4 is 5.97 Å². The Morgan fingerprint density at radius 2 is 2.33 bits per heavy atom. The SMILES string of the molecule is [N-]=[N+]=NCC#Cc1ccc(CCC(=O)O)c(F)c1. The van der Waals surface area contributed by atoms with Crippen molar-refractivity contribution in [3.8, 4) is 11.8 Å². The third kappa shape index (κ3) is 4.56. The molecule has 0 saturated heterocycles. The van der Waals surface area contributed by atoms with E-state index in [1.807, 2.05) is 0 Å². The lowest BCUT2D eigenvalue weighted by Gasteiger charge is -2.01. The van der Waals surface area contributed by atoms with Crippen molar-refractivity contribution in [1.29, 1.82) is 0 Å². The Balaban J connectivity index is 2.74. The zero-order chi connectivity index (χ0) is 13.4. The highest BCUT2D eigenvalue weighted by atomic mass is 19.1. The van der Waals surface area contributed by atoms with Crippen molar-refractivity contribution in [3.05, 3.63) is 45.6 Å². The lowest BCUT2D eigenvalue weighted by molar-refractivity contribution is -0.136. The molecule has 0 radical (unpaired) electrons. The highest BCUT2D eigenvalue weighted by molar-refractivity contribution is 5.67. The molecule has 0 fully saturated rings. The largest absolute Gasteiger partial charge is 0.481 e. The van der Waals surface area contributed by atoms with Gasteiger partial charge in [0.25, 0.3) is 0 Å². The molecule has 0 bridgehead atoms. The van der Waals surface area contributed by atoms with E-state index in [4.69, 9.17) is 10.6 Å². The maximum Gasteiger partial charge on any atom is 0.303 e. The fourth-order valence-electron chi connectivity index (χ4n) is 1.28. The van der Waals surface area contributed by atoms with Crippen LogP contribution in [0.4, 0.5) is 4.39 Å². The fourth-order valence-corrected chi connectivity index (χ4v) is 1.28. The summed E-state index contributed by atoms with van der Waals surface area (Å²) in [5, 5.41) is 11.7. The molecule has 92 valence electrons. The van der Waals surface area contributed by atoms with E-state index in [9.17, 15) is 9.18 Å². The van der Waals surface area contributed by atoms with Crippen LogP contribution in [0.2, 0.25) is 0 Å². The standard InChI is InChI=1S/C12H10FN3O2/c13-11-8-9(2-1-7-15-16-14)3-4-10(11)5-6-12(17)18/h3-4,8H,5-7H2,(H,17,18). The maximum absolute atomic E-state index is 13.5. The van der Waals surface area contributed by atoms with Gasteiger partial charge in [0, 0.05) is 16.9 Å². The number of hydrogen-bond donors (Lipinski definition) is 1. The van der Waals surface area contributed by atoms with Crippen LogP contribution in [0.3, 0.4) is 0 Å². The molecule has 0 heterocycles. The average molecular weight is 247 g/mol. The van der Waals surface area contributed by atoms with Gasteiger partial charge in [-0.05, 0) is 29.6 Å². The molecular formula is C12H10FN3O2. The summed E-state index contributed by atoms with van der Waals surface area (Å²) in [4.78, 5) is 12.9. The molecule has 0 amide bonds. The Bertz CT molecular complexity index is 554. The van der Waals surface area contributed by atoms with Gasteiger partial charge in [0.15, 0.2) is 0 Å². The molecule has 1 N–H and O–H groups in total. The number of carboxylic acids is 1. The molecule has 0 aliphatic rings. The molecule has 1 aromatic rings. The third-order valence-corrected chi connectivity index (χ3v) is 2.11. The Labute approximate surface area is 103 Å². The van der Waals surface area contributed by atoms with Crippen LogP contribution in [0.15, 0.2) is 23.3 Å². The van der Waals surface area contributed by atoms with Crippen molar-refractivity contribution in [2.45, 2.75) is 12.8 Å². The number of aliphatic carboxylic acids is 1. The third-order valence-electron chi connectivity index (χ3n) is 2.11. The highest BCUT2D eigenvalue weighted by Crippen LogP contribution is 2.11. The number of azide groups is 1. The summed E-state index contributed by atoms with van der Waals surface area (Å²) in [6.45, 7) is 0.0267. The molecular weight excluding hydrogens is 237 g/mol. The Hall–Kier alpha value is -2.51. The van der Waals surface area contributed by atoms with Gasteiger partial charge < -0.3 is 5.11 Å². The van der Waals surface area contributed by atoms with Crippen LogP contribution >= 0.6 is 0 Å². The van der Waals surface area contributed by atoms with Crippen LogP contribution in [0, 0.1) is 17.7 Å². The lowest BCUT2D eigenvalue weighted by atomic mass is 10.1. The van der Waals surface area contributed by atoms with Gasteiger partial charge in [-0.1, -0.05) is 23.0 Å². The van der Waals surface area contributed by atoms with E-state index in [0.29, 0.717) is 11.1 Å². The minimum absolute atomic E-state index is 0.0267. The van der Waals surface area contributed by atoms with Crippen molar-refractivity contribution in [3.63, 3.8) is 0 Å². The molecule has 1 rings (SSSR count). The van der Waals surface area contributed by atoms with Gasteiger partial charge in [0.2, 0.25) is 0 Å². The Morgan fingerprint density at radius 3 is 2.94 bits per heavy atom. The van der Waals surface area contributed by atoms with Crippen molar-refractivity contribution in [2.75, 3.05) is 6.54 Å². The first kappa shape index (κ1) is 13.6. The molecule has 6 heteroatoms. The van der Waals surface area contributed by atoms with E-state index in [2.05, 4.69) is 21.9 Å². The zero-order valence-corrected chi connectivity index (χ0v) is 9.43. The van der Waals surface area contributed by atoms with Gasteiger partial charge in [-0.3, -0.25) is 4.79 Å². The number of halogens is 1. The quantitative estimate of drug-likeness (QED) is 0.383. The summed E-state index contributed by atoms with van der Waals surface area (Å²) < 4.78 is 13.5. The van der Waals surface area contributed by atoms with Crippen LogP contribution < -0.4 is 0 Å². The monoisotopic (exact) mass is 247 g/mol. The second kappa shape index (κ2) is 6.94.